The van der Waals surface area contributed by atoms with Gasteiger partial charge in [-0.15, -0.1) is 11.3 Å². The van der Waals surface area contributed by atoms with Crippen molar-refractivity contribution in [2.75, 3.05) is 26.2 Å². The van der Waals surface area contributed by atoms with Gasteiger partial charge in [-0.1, -0.05) is 19.0 Å². The summed E-state index contributed by atoms with van der Waals surface area (Å²) in [7, 11) is 0. The highest BCUT2D eigenvalue weighted by atomic mass is 79.9. The number of thiophene rings is 1. The van der Waals surface area contributed by atoms with Crippen molar-refractivity contribution in [2.24, 2.45) is 0 Å². The van der Waals surface area contributed by atoms with E-state index in [4.69, 9.17) is 4.52 Å². The van der Waals surface area contributed by atoms with Crippen LogP contribution in [0, 0.1) is 6.92 Å². The molecule has 126 valence electrons. The van der Waals surface area contributed by atoms with Crippen LogP contribution in [0.2, 0.25) is 0 Å². The molecule has 2 aromatic rings. The van der Waals surface area contributed by atoms with E-state index in [0.29, 0.717) is 23.6 Å². The van der Waals surface area contributed by atoms with Crippen LogP contribution in [0.1, 0.15) is 36.4 Å². The molecule has 7 heteroatoms. The van der Waals surface area contributed by atoms with E-state index < -0.39 is 0 Å². The zero-order valence-electron chi connectivity index (χ0n) is 13.7. The average molecular weight is 400 g/mol. The van der Waals surface area contributed by atoms with E-state index >= 15 is 0 Å². The maximum Gasteiger partial charge on any atom is 0.257 e. The summed E-state index contributed by atoms with van der Waals surface area (Å²) in [6.45, 7) is 9.76. The van der Waals surface area contributed by atoms with Crippen molar-refractivity contribution in [3.8, 4) is 10.6 Å². The fraction of sp³-hybridized carbons (Fsp3) is 0.500. The van der Waals surface area contributed by atoms with Crippen LogP contribution in [0.25, 0.3) is 10.6 Å². The summed E-state index contributed by atoms with van der Waals surface area (Å²) in [6.07, 6.45) is 0.928. The van der Waals surface area contributed by atoms with E-state index in [1.807, 2.05) is 12.1 Å². The largest absolute Gasteiger partial charge is 0.360 e. The normalized spacial score (nSPS) is 11.2. The Morgan fingerprint density at radius 2 is 2.13 bits per heavy atom. The lowest BCUT2D eigenvalue weighted by Crippen LogP contribution is -2.30. The molecule has 0 saturated heterocycles. The lowest BCUT2D eigenvalue weighted by Gasteiger charge is -2.17. The maximum absolute atomic E-state index is 12.5. The minimum atomic E-state index is -0.122. The van der Waals surface area contributed by atoms with Crippen LogP contribution < -0.4 is 5.32 Å². The van der Waals surface area contributed by atoms with Gasteiger partial charge in [-0.2, -0.15) is 0 Å². The van der Waals surface area contributed by atoms with Crippen LogP contribution in [0.5, 0.6) is 0 Å². The molecule has 0 atom stereocenters. The number of carbonyl (C=O) groups excluding carboxylic acids is 1. The highest BCUT2D eigenvalue weighted by molar-refractivity contribution is 9.11. The molecular formula is C16H22BrN3O2S. The lowest BCUT2D eigenvalue weighted by molar-refractivity contribution is 0.0951. The Kier molecular flexibility index (Phi) is 6.80. The standard InChI is InChI=1S/C16H22BrN3O2S/c1-4-20(5-2)10-6-9-18-16(21)14-11(3)22-19-15(14)12-7-8-13(17)23-12/h7-8H,4-6,9-10H2,1-3H3,(H,18,21). The number of aryl methyl sites for hydroxylation is 1. The predicted molar refractivity (Wildman–Crippen MR) is 97.0 cm³/mol. The Morgan fingerprint density at radius 1 is 1.39 bits per heavy atom. The number of nitrogens with one attached hydrogen (secondary N) is 1. The van der Waals surface area contributed by atoms with Gasteiger partial charge in [0.1, 0.15) is 17.0 Å². The zero-order valence-corrected chi connectivity index (χ0v) is 16.1. The summed E-state index contributed by atoms with van der Waals surface area (Å²) in [5, 5.41) is 7.02. The average Bonchev–Trinajstić information content (AvgIpc) is 3.13. The second-order valence-electron chi connectivity index (χ2n) is 5.20. The van der Waals surface area contributed by atoms with Crippen LogP contribution in [0.3, 0.4) is 0 Å². The second-order valence-corrected chi connectivity index (χ2v) is 7.67. The van der Waals surface area contributed by atoms with E-state index in [9.17, 15) is 4.79 Å². The fourth-order valence-electron chi connectivity index (χ4n) is 2.38. The van der Waals surface area contributed by atoms with Crippen molar-refractivity contribution in [3.63, 3.8) is 0 Å². The third-order valence-corrected chi connectivity index (χ3v) is 5.36. The highest BCUT2D eigenvalue weighted by Gasteiger charge is 2.22. The molecule has 0 aliphatic heterocycles. The van der Waals surface area contributed by atoms with Crippen molar-refractivity contribution in [2.45, 2.75) is 27.2 Å². The summed E-state index contributed by atoms with van der Waals surface area (Å²) >= 11 is 4.96. The molecule has 23 heavy (non-hydrogen) atoms. The molecule has 0 aliphatic carbocycles. The van der Waals surface area contributed by atoms with E-state index in [-0.39, 0.29) is 5.91 Å². The third-order valence-electron chi connectivity index (χ3n) is 3.73. The highest BCUT2D eigenvalue weighted by Crippen LogP contribution is 2.33. The fourth-order valence-corrected chi connectivity index (χ4v) is 3.76. The first-order valence-electron chi connectivity index (χ1n) is 7.79. The van der Waals surface area contributed by atoms with Crippen LogP contribution in [0.15, 0.2) is 20.4 Å². The predicted octanol–water partition coefficient (Wildman–Crippen LogP) is 3.94. The van der Waals surface area contributed by atoms with E-state index in [1.165, 1.54) is 11.3 Å². The van der Waals surface area contributed by atoms with Gasteiger partial charge in [0.15, 0.2) is 0 Å². The molecule has 2 heterocycles. The summed E-state index contributed by atoms with van der Waals surface area (Å²) in [6, 6.07) is 3.87. The molecule has 0 bridgehead atoms. The Bertz CT molecular complexity index is 650. The number of halogens is 1. The number of amides is 1. The number of carbonyl (C=O) groups is 1. The minimum absolute atomic E-state index is 0.122. The summed E-state index contributed by atoms with van der Waals surface area (Å²) in [5.41, 5.74) is 1.14. The first kappa shape index (κ1) is 18.2. The van der Waals surface area contributed by atoms with Gasteiger partial charge in [0, 0.05) is 6.54 Å². The minimum Gasteiger partial charge on any atom is -0.360 e. The van der Waals surface area contributed by atoms with Gasteiger partial charge in [0.25, 0.3) is 5.91 Å². The molecule has 0 fully saturated rings. The first-order valence-corrected chi connectivity index (χ1v) is 9.40. The first-order chi connectivity index (χ1) is 11.1. The molecule has 0 saturated carbocycles. The molecule has 2 rings (SSSR count). The quantitative estimate of drug-likeness (QED) is 0.682. The van der Waals surface area contributed by atoms with Crippen molar-refractivity contribution in [1.82, 2.24) is 15.4 Å². The molecule has 0 aliphatic rings. The molecule has 0 radical (unpaired) electrons. The summed E-state index contributed by atoms with van der Waals surface area (Å²) in [4.78, 5) is 15.7. The second kappa shape index (κ2) is 8.61. The van der Waals surface area contributed by atoms with Crippen molar-refractivity contribution in [1.29, 1.82) is 0 Å². The Balaban J connectivity index is 1.99. The number of hydrogen-bond acceptors (Lipinski definition) is 5. The summed E-state index contributed by atoms with van der Waals surface area (Å²) < 4.78 is 6.23. The van der Waals surface area contributed by atoms with Crippen LogP contribution in [-0.4, -0.2) is 42.1 Å². The number of aromatic nitrogens is 1. The van der Waals surface area contributed by atoms with E-state index in [1.54, 1.807) is 6.92 Å². The number of hydrogen-bond donors (Lipinski definition) is 1. The Labute approximate surface area is 149 Å². The van der Waals surface area contributed by atoms with Gasteiger partial charge in [-0.25, -0.2) is 0 Å². The molecule has 2 aromatic heterocycles. The number of rotatable bonds is 8. The number of nitrogens with zero attached hydrogens (tertiary/aromatic N) is 2. The smallest absolute Gasteiger partial charge is 0.257 e. The topological polar surface area (TPSA) is 58.4 Å². The van der Waals surface area contributed by atoms with Gasteiger partial charge < -0.3 is 14.7 Å². The molecule has 5 nitrogen and oxygen atoms in total. The van der Waals surface area contributed by atoms with E-state index in [2.05, 4.69) is 45.2 Å². The third kappa shape index (κ3) is 4.65. The molecule has 1 N–H and O–H groups in total. The molecular weight excluding hydrogens is 378 g/mol. The molecule has 0 spiro atoms. The van der Waals surface area contributed by atoms with Gasteiger partial charge in [0.2, 0.25) is 0 Å². The van der Waals surface area contributed by atoms with E-state index in [0.717, 1.165) is 34.7 Å². The van der Waals surface area contributed by atoms with Gasteiger partial charge in [-0.3, -0.25) is 4.79 Å². The maximum atomic E-state index is 12.5. The zero-order chi connectivity index (χ0) is 16.8. The molecule has 0 aromatic carbocycles. The van der Waals surface area contributed by atoms with Gasteiger partial charge >= 0.3 is 0 Å². The summed E-state index contributed by atoms with van der Waals surface area (Å²) in [5.74, 6) is 0.425. The van der Waals surface area contributed by atoms with Crippen LogP contribution in [0.4, 0.5) is 0 Å². The Morgan fingerprint density at radius 3 is 2.74 bits per heavy atom. The van der Waals surface area contributed by atoms with Crippen LogP contribution >= 0.6 is 27.3 Å². The van der Waals surface area contributed by atoms with Gasteiger partial charge in [0.05, 0.1) is 8.66 Å². The Hall–Kier alpha value is -1.18. The molecule has 1 amide bonds. The van der Waals surface area contributed by atoms with Crippen molar-refractivity contribution < 1.29 is 9.32 Å². The monoisotopic (exact) mass is 399 g/mol. The van der Waals surface area contributed by atoms with Crippen molar-refractivity contribution in [3.05, 3.63) is 27.2 Å². The molecule has 0 unspecified atom stereocenters. The van der Waals surface area contributed by atoms with Gasteiger partial charge in [-0.05, 0) is 61.0 Å². The SMILES string of the molecule is CCN(CC)CCCNC(=O)c1c(-c2ccc(Br)s2)noc1C. The lowest BCUT2D eigenvalue weighted by atomic mass is 10.1. The van der Waals surface area contributed by atoms with Crippen LogP contribution in [-0.2, 0) is 0 Å². The van der Waals surface area contributed by atoms with Crippen molar-refractivity contribution >= 4 is 33.2 Å².